The van der Waals surface area contributed by atoms with Crippen LogP contribution in [0.2, 0.25) is 0 Å². The average Bonchev–Trinajstić information content (AvgIpc) is 3.25. The van der Waals surface area contributed by atoms with Crippen LogP contribution in [0, 0.1) is 0 Å². The normalized spacial score (nSPS) is 19.6. The maximum Gasteiger partial charge on any atom is 0.174 e. The number of halogens is 1. The van der Waals surface area contributed by atoms with E-state index >= 15 is 0 Å². The van der Waals surface area contributed by atoms with Crippen molar-refractivity contribution < 1.29 is 0 Å². The van der Waals surface area contributed by atoms with Gasteiger partial charge in [-0.3, -0.25) is 4.98 Å². The number of pyridine rings is 1. The Morgan fingerprint density at radius 2 is 1.89 bits per heavy atom. The van der Waals surface area contributed by atoms with E-state index < -0.39 is 0 Å². The van der Waals surface area contributed by atoms with Gasteiger partial charge in [-0.15, -0.1) is 11.3 Å². The number of hydrogen-bond donors (Lipinski definition) is 1. The number of hydrogen-bond acceptors (Lipinski definition) is 3. The lowest BCUT2D eigenvalue weighted by Gasteiger charge is -2.27. The van der Waals surface area contributed by atoms with Gasteiger partial charge >= 0.3 is 0 Å². The maximum atomic E-state index is 5.75. The van der Waals surface area contributed by atoms with Crippen LogP contribution >= 0.6 is 39.5 Å². The number of thiocarbonyl (C=S) groups is 1. The number of rotatable bonds is 4. The lowest BCUT2D eigenvalue weighted by atomic mass is 10.0. The smallest absolute Gasteiger partial charge is 0.174 e. The highest BCUT2D eigenvalue weighted by Crippen LogP contribution is 2.44. The van der Waals surface area contributed by atoms with E-state index in [-0.39, 0.29) is 12.1 Å². The highest BCUT2D eigenvalue weighted by molar-refractivity contribution is 9.11. The zero-order valence-corrected chi connectivity index (χ0v) is 18.3. The molecule has 6 heteroatoms. The summed E-state index contributed by atoms with van der Waals surface area (Å²) in [4.78, 5) is 8.05. The highest BCUT2D eigenvalue weighted by atomic mass is 79.9. The Bertz CT molecular complexity index is 938. The van der Waals surface area contributed by atoms with E-state index in [9.17, 15) is 0 Å². The second kappa shape index (κ2) is 7.70. The predicted octanol–water partition coefficient (Wildman–Crippen LogP) is 6.21. The highest BCUT2D eigenvalue weighted by Gasteiger charge is 2.41. The van der Waals surface area contributed by atoms with Crippen LogP contribution in [0.5, 0.6) is 0 Å². The number of thiophene rings is 1. The van der Waals surface area contributed by atoms with E-state index in [1.807, 2.05) is 18.3 Å². The van der Waals surface area contributed by atoms with Crippen molar-refractivity contribution in [2.24, 2.45) is 0 Å². The number of nitrogens with zero attached hydrogens (tertiary/aromatic N) is 2. The quantitative estimate of drug-likeness (QED) is 0.471. The van der Waals surface area contributed by atoms with Crippen molar-refractivity contribution >= 4 is 50.3 Å². The van der Waals surface area contributed by atoms with Gasteiger partial charge in [0.15, 0.2) is 5.11 Å². The van der Waals surface area contributed by atoms with Gasteiger partial charge in [0.1, 0.15) is 0 Å². The fraction of sp³-hybridized carbons (Fsp3) is 0.238. The third-order valence-electron chi connectivity index (χ3n) is 4.82. The third-order valence-corrected chi connectivity index (χ3v) is 6.83. The molecule has 0 unspecified atom stereocenters. The molecule has 3 aromatic rings. The molecule has 3 heterocycles. The van der Waals surface area contributed by atoms with Crippen LogP contribution < -0.4 is 10.2 Å². The van der Waals surface area contributed by atoms with Gasteiger partial charge in [-0.1, -0.05) is 32.0 Å². The third kappa shape index (κ3) is 3.66. The molecule has 0 saturated carbocycles. The van der Waals surface area contributed by atoms with Gasteiger partial charge in [0, 0.05) is 16.8 Å². The Labute approximate surface area is 177 Å². The van der Waals surface area contributed by atoms with Gasteiger partial charge in [0.05, 0.1) is 21.6 Å². The minimum absolute atomic E-state index is 0.00836. The fourth-order valence-electron chi connectivity index (χ4n) is 3.43. The molecule has 2 aromatic heterocycles. The molecule has 1 fully saturated rings. The van der Waals surface area contributed by atoms with Crippen LogP contribution in [0.15, 0.2) is 64.6 Å². The summed E-state index contributed by atoms with van der Waals surface area (Å²) in [6.45, 7) is 4.42. The zero-order chi connectivity index (χ0) is 19.0. The topological polar surface area (TPSA) is 28.2 Å². The van der Waals surface area contributed by atoms with Crippen molar-refractivity contribution in [2.45, 2.75) is 31.8 Å². The molecular formula is C21H20BrN3S2. The van der Waals surface area contributed by atoms with E-state index in [4.69, 9.17) is 12.2 Å². The molecule has 4 rings (SSSR count). The summed E-state index contributed by atoms with van der Waals surface area (Å²) < 4.78 is 1.12. The van der Waals surface area contributed by atoms with Crippen LogP contribution in [-0.2, 0) is 0 Å². The maximum absolute atomic E-state index is 5.75. The Hall–Kier alpha value is -1.76. The number of aromatic nitrogens is 1. The first-order valence-corrected chi connectivity index (χ1v) is 10.9. The Balaban J connectivity index is 1.78. The first kappa shape index (κ1) is 18.6. The summed E-state index contributed by atoms with van der Waals surface area (Å²) in [6.07, 6.45) is 1.83. The van der Waals surface area contributed by atoms with Crippen LogP contribution in [0.25, 0.3) is 0 Å². The summed E-state index contributed by atoms with van der Waals surface area (Å²) >= 11 is 11.1. The molecule has 1 aliphatic heterocycles. The van der Waals surface area contributed by atoms with Gasteiger partial charge in [0.2, 0.25) is 0 Å². The minimum Gasteiger partial charge on any atom is -0.351 e. The van der Waals surface area contributed by atoms with Gasteiger partial charge in [0.25, 0.3) is 0 Å². The number of benzene rings is 1. The van der Waals surface area contributed by atoms with Crippen molar-refractivity contribution in [1.29, 1.82) is 0 Å². The molecule has 1 saturated heterocycles. The standard InChI is InChI=1S/C21H20BrN3S2/c1-13(2)14-6-8-15(9-7-14)25-20(17-10-11-18(22)27-17)19(24-21(25)26)16-5-3-4-12-23-16/h3-13,19-20H,1-2H3,(H,24,26)/t19-,20+/m1/s1. The van der Waals surface area contributed by atoms with Gasteiger partial charge in [-0.05, 0) is 76.0 Å². The molecule has 138 valence electrons. The average molecular weight is 458 g/mol. The summed E-state index contributed by atoms with van der Waals surface area (Å²) in [5.41, 5.74) is 3.43. The molecule has 0 radical (unpaired) electrons. The largest absolute Gasteiger partial charge is 0.351 e. The first-order valence-electron chi connectivity index (χ1n) is 8.90. The Morgan fingerprint density at radius 3 is 2.48 bits per heavy atom. The van der Waals surface area contributed by atoms with Crippen molar-refractivity contribution in [2.75, 3.05) is 4.90 Å². The molecule has 27 heavy (non-hydrogen) atoms. The molecule has 1 aliphatic rings. The van der Waals surface area contributed by atoms with Gasteiger partial charge < -0.3 is 10.2 Å². The number of anilines is 1. The first-order chi connectivity index (χ1) is 13.0. The summed E-state index contributed by atoms with van der Waals surface area (Å²) in [5.74, 6) is 0.507. The van der Waals surface area contributed by atoms with Crippen LogP contribution in [-0.4, -0.2) is 10.1 Å². The van der Waals surface area contributed by atoms with Crippen molar-refractivity contribution in [3.05, 3.63) is 80.7 Å². The monoisotopic (exact) mass is 457 g/mol. The van der Waals surface area contributed by atoms with E-state index in [2.05, 4.69) is 87.4 Å². The Kier molecular flexibility index (Phi) is 5.30. The SMILES string of the molecule is CC(C)c1ccc(N2C(=S)N[C@H](c3ccccn3)[C@@H]2c2ccc(Br)s2)cc1. The lowest BCUT2D eigenvalue weighted by molar-refractivity contribution is 0.575. The summed E-state index contributed by atoms with van der Waals surface area (Å²) in [5, 5.41) is 4.23. The van der Waals surface area contributed by atoms with Crippen LogP contribution in [0.1, 0.15) is 48.0 Å². The van der Waals surface area contributed by atoms with E-state index in [1.54, 1.807) is 11.3 Å². The molecule has 2 atom stereocenters. The van der Waals surface area contributed by atoms with Gasteiger partial charge in [-0.2, -0.15) is 0 Å². The number of nitrogens with one attached hydrogen (secondary N) is 1. The molecule has 3 nitrogen and oxygen atoms in total. The van der Waals surface area contributed by atoms with Crippen molar-refractivity contribution in [1.82, 2.24) is 10.3 Å². The molecule has 0 aliphatic carbocycles. The minimum atomic E-state index is 0.00836. The summed E-state index contributed by atoms with van der Waals surface area (Å²) in [6, 6.07) is 19.1. The molecular weight excluding hydrogens is 438 g/mol. The van der Waals surface area contributed by atoms with Crippen molar-refractivity contribution in [3.63, 3.8) is 0 Å². The van der Waals surface area contributed by atoms with E-state index in [1.165, 1.54) is 10.4 Å². The second-order valence-electron chi connectivity index (χ2n) is 6.88. The van der Waals surface area contributed by atoms with E-state index in [0.717, 1.165) is 20.3 Å². The Morgan fingerprint density at radius 1 is 1.11 bits per heavy atom. The van der Waals surface area contributed by atoms with Crippen LogP contribution in [0.3, 0.4) is 0 Å². The molecule has 1 aromatic carbocycles. The van der Waals surface area contributed by atoms with Crippen molar-refractivity contribution in [3.8, 4) is 0 Å². The molecule has 1 N–H and O–H groups in total. The molecule has 0 amide bonds. The molecule has 0 bridgehead atoms. The fourth-order valence-corrected chi connectivity index (χ4v) is 5.33. The lowest BCUT2D eigenvalue weighted by Crippen LogP contribution is -2.29. The van der Waals surface area contributed by atoms with Crippen LogP contribution in [0.4, 0.5) is 5.69 Å². The molecule has 0 spiro atoms. The predicted molar refractivity (Wildman–Crippen MR) is 120 cm³/mol. The van der Waals surface area contributed by atoms with Gasteiger partial charge in [-0.25, -0.2) is 0 Å². The second-order valence-corrected chi connectivity index (χ2v) is 9.77. The van der Waals surface area contributed by atoms with E-state index in [0.29, 0.717) is 5.92 Å². The zero-order valence-electron chi connectivity index (χ0n) is 15.1. The summed E-state index contributed by atoms with van der Waals surface area (Å²) in [7, 11) is 0.